The number of hydrogen-bond donors (Lipinski definition) is 5. The fourth-order valence-electron chi connectivity index (χ4n) is 5.27. The molecule has 14 nitrogen and oxygen atoms in total. The van der Waals surface area contributed by atoms with Gasteiger partial charge in [-0.25, -0.2) is 10.5 Å². The Balaban J connectivity index is 1.47. The van der Waals surface area contributed by atoms with Crippen LogP contribution >= 0.6 is 24.1 Å². The van der Waals surface area contributed by atoms with Gasteiger partial charge >= 0.3 is 5.97 Å². The lowest BCUT2D eigenvalue weighted by atomic mass is 9.86. The zero-order valence-corrected chi connectivity index (χ0v) is 24.0. The number of nitrogens with one attached hydrogen (secondary N) is 1. The van der Waals surface area contributed by atoms with Crippen LogP contribution in [-0.2, 0) is 38.5 Å². The number of carbonyl (C=O) groups is 1. The number of hydrogen-bond acceptors (Lipinski definition) is 14. The molecular weight excluding hydrogens is 618 g/mol. The van der Waals surface area contributed by atoms with Crippen molar-refractivity contribution in [1.29, 1.82) is 0 Å². The summed E-state index contributed by atoms with van der Waals surface area (Å²) in [6, 6.07) is 9.53. The third-order valence-corrected chi connectivity index (χ3v) is 9.29. The zero-order chi connectivity index (χ0) is 29.9. The highest BCUT2D eigenvalue weighted by atomic mass is 32.2. The van der Waals surface area contributed by atoms with Gasteiger partial charge in [0.05, 0.1) is 34.9 Å². The first-order chi connectivity index (χ1) is 20.2. The molecule has 0 heterocycles. The monoisotopic (exact) mass is 643 g/mol. The minimum Gasteiger partial charge on any atom is -0.490 e. The van der Waals surface area contributed by atoms with Crippen molar-refractivity contribution < 1.29 is 61.7 Å². The number of rotatable bonds is 14. The van der Waals surface area contributed by atoms with Crippen LogP contribution in [0.2, 0.25) is 0 Å². The predicted octanol–water partition coefficient (Wildman–Crippen LogP) is 5.23. The molecule has 1 fully saturated rings. The second-order valence-corrected chi connectivity index (χ2v) is 12.3. The Bertz CT molecular complexity index is 1680. The Hall–Kier alpha value is -2.52. The van der Waals surface area contributed by atoms with Gasteiger partial charge in [-0.3, -0.25) is 14.2 Å². The van der Waals surface area contributed by atoms with E-state index in [1.54, 1.807) is 30.3 Å². The van der Waals surface area contributed by atoms with E-state index in [1.807, 2.05) is 0 Å². The highest BCUT2D eigenvalue weighted by Gasteiger charge is 2.26. The van der Waals surface area contributed by atoms with Gasteiger partial charge in [-0.05, 0) is 54.7 Å². The SMILES string of the molecule is O=C(O)C1CCC(NOCCOc2cc(SOOO)c3ccc4c(SOOO)cc(S(=O)(=O)O)c5ccc2c3c45)CC1. The summed E-state index contributed by atoms with van der Waals surface area (Å²) in [6.45, 7) is 0.272. The molecule has 226 valence electrons. The van der Waals surface area contributed by atoms with Crippen LogP contribution in [0, 0.1) is 5.92 Å². The molecule has 0 unspecified atom stereocenters. The highest BCUT2D eigenvalue weighted by molar-refractivity contribution is 7.95. The van der Waals surface area contributed by atoms with Crippen molar-refractivity contribution >= 4 is 72.5 Å². The molecule has 0 aliphatic heterocycles. The number of ether oxygens (including phenoxy) is 1. The van der Waals surface area contributed by atoms with Gasteiger partial charge in [-0.15, -0.1) is 8.67 Å². The molecule has 5 rings (SSSR count). The summed E-state index contributed by atoms with van der Waals surface area (Å²) in [7, 11) is -4.69. The second-order valence-electron chi connectivity index (χ2n) is 9.45. The molecule has 1 aliphatic carbocycles. The first kappa shape index (κ1) is 30.9. The summed E-state index contributed by atoms with van der Waals surface area (Å²) < 4.78 is 50.0. The van der Waals surface area contributed by atoms with Crippen molar-refractivity contribution in [1.82, 2.24) is 5.48 Å². The maximum Gasteiger partial charge on any atom is 0.306 e. The van der Waals surface area contributed by atoms with Gasteiger partial charge in [0, 0.05) is 32.5 Å². The smallest absolute Gasteiger partial charge is 0.306 e. The van der Waals surface area contributed by atoms with E-state index < -0.39 is 16.1 Å². The standard InChI is InChI=1S/C25H25NO13S3/c27-25(28)13-1-3-14(4-2-13)26-35-10-9-34-19-11-20(40-38-36-29)16-6-7-17-21(41-39-37-30)12-22(42(31,32)33)18-8-5-15(19)23(16)24(17)18/h5-8,11-14,26,29-30H,1-4,9-10H2,(H,27,28)(H,31,32,33). The number of carboxylic acids is 1. The number of benzene rings is 4. The molecule has 0 radical (unpaired) electrons. The zero-order valence-electron chi connectivity index (χ0n) is 21.5. The Labute approximate surface area is 246 Å². The number of aliphatic carboxylic acids is 1. The maximum absolute atomic E-state index is 12.3. The lowest BCUT2D eigenvalue weighted by Gasteiger charge is -2.26. The first-order valence-electron chi connectivity index (χ1n) is 12.5. The third-order valence-electron chi connectivity index (χ3n) is 7.10. The lowest BCUT2D eigenvalue weighted by molar-refractivity contribution is -0.432. The van der Waals surface area contributed by atoms with Gasteiger partial charge in [0.25, 0.3) is 10.1 Å². The topological polar surface area (TPSA) is 200 Å². The van der Waals surface area contributed by atoms with Crippen LogP contribution in [0.3, 0.4) is 0 Å². The molecule has 0 amide bonds. The van der Waals surface area contributed by atoms with Crippen molar-refractivity contribution in [2.45, 2.75) is 46.4 Å². The van der Waals surface area contributed by atoms with Gasteiger partial charge in [-0.1, -0.05) is 28.3 Å². The summed E-state index contributed by atoms with van der Waals surface area (Å²) in [5, 5.41) is 37.0. The molecule has 42 heavy (non-hydrogen) atoms. The largest absolute Gasteiger partial charge is 0.490 e. The minimum atomic E-state index is -4.69. The van der Waals surface area contributed by atoms with Gasteiger partial charge in [-0.2, -0.15) is 13.9 Å². The van der Waals surface area contributed by atoms with Gasteiger partial charge in [0.1, 0.15) is 23.9 Å². The lowest BCUT2D eigenvalue weighted by Crippen LogP contribution is -2.35. The Morgan fingerprint density at radius 3 is 2.02 bits per heavy atom. The average Bonchev–Trinajstić information content (AvgIpc) is 2.97. The molecule has 5 N–H and O–H groups in total. The molecule has 0 saturated heterocycles. The molecule has 17 heteroatoms. The van der Waals surface area contributed by atoms with Crippen LogP contribution in [0.25, 0.3) is 32.3 Å². The predicted molar refractivity (Wildman–Crippen MR) is 149 cm³/mol. The maximum atomic E-state index is 12.3. The van der Waals surface area contributed by atoms with E-state index in [9.17, 15) is 17.8 Å². The van der Waals surface area contributed by atoms with E-state index in [4.69, 9.17) is 29.5 Å². The van der Waals surface area contributed by atoms with E-state index in [0.717, 1.165) is 0 Å². The van der Waals surface area contributed by atoms with Crippen molar-refractivity contribution in [3.63, 3.8) is 0 Å². The first-order valence-corrected chi connectivity index (χ1v) is 15.4. The third kappa shape index (κ3) is 6.52. The summed E-state index contributed by atoms with van der Waals surface area (Å²) in [6.07, 6.45) is 2.52. The van der Waals surface area contributed by atoms with Gasteiger partial charge in [0.2, 0.25) is 0 Å². The fraction of sp³-hybridized carbons (Fsp3) is 0.320. The van der Waals surface area contributed by atoms with E-state index in [0.29, 0.717) is 87.3 Å². The average molecular weight is 644 g/mol. The summed E-state index contributed by atoms with van der Waals surface area (Å²) in [5.41, 5.74) is 2.96. The van der Waals surface area contributed by atoms with E-state index in [1.165, 1.54) is 6.07 Å². The van der Waals surface area contributed by atoms with Crippen molar-refractivity contribution in [3.8, 4) is 5.75 Å². The quantitative estimate of drug-likeness (QED) is 0.0298. The van der Waals surface area contributed by atoms with Crippen molar-refractivity contribution in [2.75, 3.05) is 13.2 Å². The Morgan fingerprint density at radius 2 is 1.43 bits per heavy atom. The molecule has 4 aromatic rings. The second kappa shape index (κ2) is 13.4. The van der Waals surface area contributed by atoms with Gasteiger partial charge < -0.3 is 9.84 Å². The van der Waals surface area contributed by atoms with Crippen LogP contribution in [-0.4, -0.2) is 53.8 Å². The molecular formula is C25H25NO13S3. The number of carboxylic acid groups (broad SMARTS) is 1. The van der Waals surface area contributed by atoms with Crippen LogP contribution < -0.4 is 10.2 Å². The Kier molecular flexibility index (Phi) is 9.88. The van der Waals surface area contributed by atoms with Gasteiger partial charge in [0.15, 0.2) is 0 Å². The summed E-state index contributed by atoms with van der Waals surface area (Å²) in [4.78, 5) is 17.0. The van der Waals surface area contributed by atoms with Crippen LogP contribution in [0.5, 0.6) is 5.75 Å². The molecule has 1 aliphatic rings. The normalized spacial score (nSPS) is 17.9. The Morgan fingerprint density at radius 1 is 0.857 bits per heavy atom. The van der Waals surface area contributed by atoms with E-state index in [2.05, 4.69) is 19.9 Å². The van der Waals surface area contributed by atoms with E-state index in [-0.39, 0.29) is 40.4 Å². The van der Waals surface area contributed by atoms with Crippen molar-refractivity contribution in [3.05, 3.63) is 36.4 Å². The van der Waals surface area contributed by atoms with Crippen LogP contribution in [0.4, 0.5) is 0 Å². The summed E-state index contributed by atoms with van der Waals surface area (Å²) >= 11 is 1.23. The highest BCUT2D eigenvalue weighted by Crippen LogP contribution is 2.47. The molecule has 4 aromatic carbocycles. The fourth-order valence-corrected chi connectivity index (χ4v) is 7.11. The molecule has 0 spiro atoms. The van der Waals surface area contributed by atoms with Crippen LogP contribution in [0.15, 0.2) is 51.1 Å². The van der Waals surface area contributed by atoms with Crippen molar-refractivity contribution in [2.24, 2.45) is 5.92 Å². The number of hydroxylamine groups is 1. The molecule has 0 aromatic heterocycles. The van der Waals surface area contributed by atoms with Crippen LogP contribution in [0.1, 0.15) is 25.7 Å². The molecule has 0 bridgehead atoms. The summed E-state index contributed by atoms with van der Waals surface area (Å²) in [5.74, 6) is -0.721. The minimum absolute atomic E-state index is 0.0399. The van der Waals surface area contributed by atoms with E-state index >= 15 is 0 Å². The molecule has 1 saturated carbocycles. The molecule has 0 atom stereocenters.